The Hall–Kier alpha value is -2.23. The maximum atomic E-state index is 13.3. The second-order valence-corrected chi connectivity index (χ2v) is 12.8. The van der Waals surface area contributed by atoms with Crippen molar-refractivity contribution < 1.29 is 18.3 Å². The molecule has 3 fully saturated rings. The first-order valence-electron chi connectivity index (χ1n) is 12.4. The van der Waals surface area contributed by atoms with Crippen molar-refractivity contribution in [2.24, 2.45) is 11.3 Å². The van der Waals surface area contributed by atoms with Crippen LogP contribution in [-0.4, -0.2) is 75.7 Å². The van der Waals surface area contributed by atoms with Gasteiger partial charge in [-0.15, -0.1) is 0 Å². The van der Waals surface area contributed by atoms with Crippen LogP contribution in [0.5, 0.6) is 0 Å². The predicted molar refractivity (Wildman–Crippen MR) is 127 cm³/mol. The zero-order valence-electron chi connectivity index (χ0n) is 19.5. The molecule has 2 aromatic rings. The highest BCUT2D eigenvalue weighted by atomic mass is 32.2. The molecule has 0 bridgehead atoms. The van der Waals surface area contributed by atoms with E-state index in [-0.39, 0.29) is 23.3 Å². The zero-order chi connectivity index (χ0) is 23.7. The lowest BCUT2D eigenvalue weighted by atomic mass is 9.53. The van der Waals surface area contributed by atoms with Crippen molar-refractivity contribution >= 4 is 15.9 Å². The standard InChI is InChI=1S/C25H32N4O4S/c1-17(30)27-10-6-18(7-11-27)34(32,33)28-12-8-25(9-13-28)14-21(24(25)31)23-20-5-3-2-4-19(20)22-15-26-16-29(22)23/h2-5,15-16,18,21,23-24,31H,6-14H2,1H3. The van der Waals surface area contributed by atoms with Crippen molar-refractivity contribution in [2.75, 3.05) is 26.2 Å². The van der Waals surface area contributed by atoms with Crippen LogP contribution in [0.3, 0.4) is 0 Å². The quantitative estimate of drug-likeness (QED) is 0.721. The minimum Gasteiger partial charge on any atom is -0.392 e. The van der Waals surface area contributed by atoms with E-state index in [4.69, 9.17) is 0 Å². The van der Waals surface area contributed by atoms with Gasteiger partial charge < -0.3 is 14.6 Å². The smallest absolute Gasteiger partial charge is 0.219 e. The number of imidazole rings is 1. The molecule has 4 aliphatic rings. The molecule has 1 N–H and O–H groups in total. The van der Waals surface area contributed by atoms with Gasteiger partial charge in [-0.2, -0.15) is 0 Å². The van der Waals surface area contributed by atoms with Crippen LogP contribution < -0.4 is 0 Å². The lowest BCUT2D eigenvalue weighted by molar-refractivity contribution is -0.152. The first-order valence-corrected chi connectivity index (χ1v) is 13.9. The summed E-state index contributed by atoms with van der Waals surface area (Å²) in [6.07, 6.45) is 6.60. The second-order valence-electron chi connectivity index (χ2n) is 10.5. The van der Waals surface area contributed by atoms with Gasteiger partial charge in [0.1, 0.15) is 0 Å². The Morgan fingerprint density at radius 1 is 1.12 bits per heavy atom. The number of fused-ring (bicyclic) bond motifs is 3. The molecule has 6 rings (SSSR count). The average molecular weight is 485 g/mol. The van der Waals surface area contributed by atoms with E-state index >= 15 is 0 Å². The number of piperidine rings is 2. The molecule has 182 valence electrons. The minimum absolute atomic E-state index is 0.0111. The number of aromatic nitrogens is 2. The van der Waals surface area contributed by atoms with Gasteiger partial charge in [0.05, 0.1) is 35.6 Å². The molecule has 2 saturated heterocycles. The number of aliphatic hydroxyl groups is 1. The number of hydrogen-bond donors (Lipinski definition) is 1. The fourth-order valence-electron chi connectivity index (χ4n) is 6.95. The van der Waals surface area contributed by atoms with E-state index in [1.54, 1.807) is 9.21 Å². The first-order chi connectivity index (χ1) is 16.3. The molecular formula is C25H32N4O4S. The van der Waals surface area contributed by atoms with Crippen molar-refractivity contribution in [1.29, 1.82) is 0 Å². The van der Waals surface area contributed by atoms with Crippen LogP contribution in [-0.2, 0) is 14.8 Å². The van der Waals surface area contributed by atoms with Crippen LogP contribution in [0.2, 0.25) is 0 Å². The number of nitrogens with zero attached hydrogens (tertiary/aromatic N) is 4. The molecular weight excluding hydrogens is 452 g/mol. The molecule has 1 aliphatic carbocycles. The van der Waals surface area contributed by atoms with Gasteiger partial charge >= 0.3 is 0 Å². The fraction of sp³-hybridized carbons (Fsp3) is 0.600. The topological polar surface area (TPSA) is 95.7 Å². The summed E-state index contributed by atoms with van der Waals surface area (Å²) < 4.78 is 30.4. The first kappa shape index (κ1) is 22.2. The molecule has 4 heterocycles. The van der Waals surface area contributed by atoms with Crippen molar-refractivity contribution in [3.63, 3.8) is 0 Å². The summed E-state index contributed by atoms with van der Waals surface area (Å²) in [5, 5.41) is 11.0. The number of sulfonamides is 1. The van der Waals surface area contributed by atoms with E-state index in [1.807, 2.05) is 18.6 Å². The number of aliphatic hydroxyl groups excluding tert-OH is 1. The molecule has 1 aromatic heterocycles. The lowest BCUT2D eigenvalue weighted by Gasteiger charge is -2.57. The highest BCUT2D eigenvalue weighted by molar-refractivity contribution is 7.89. The van der Waals surface area contributed by atoms with Crippen molar-refractivity contribution in [3.8, 4) is 11.3 Å². The predicted octanol–water partition coefficient (Wildman–Crippen LogP) is 2.26. The SMILES string of the molecule is CC(=O)N1CCC(S(=O)(=O)N2CCC3(CC2)CC(C2c4ccccc4-c4cncn42)C3O)CC1. The number of benzene rings is 1. The highest BCUT2D eigenvalue weighted by Crippen LogP contribution is 2.59. The molecule has 3 unspecified atom stereocenters. The second kappa shape index (κ2) is 7.90. The van der Waals surface area contributed by atoms with Crippen LogP contribution >= 0.6 is 0 Å². The Balaban J connectivity index is 1.13. The summed E-state index contributed by atoms with van der Waals surface area (Å²) in [5.74, 6) is 0.118. The fourth-order valence-corrected chi connectivity index (χ4v) is 8.87. The van der Waals surface area contributed by atoms with Gasteiger partial charge in [0, 0.05) is 44.6 Å². The third-order valence-corrected chi connectivity index (χ3v) is 11.4. The monoisotopic (exact) mass is 484 g/mol. The van der Waals surface area contributed by atoms with E-state index in [9.17, 15) is 18.3 Å². The Kier molecular flexibility index (Phi) is 5.17. The lowest BCUT2D eigenvalue weighted by Crippen LogP contribution is -2.60. The van der Waals surface area contributed by atoms with Crippen LogP contribution in [0.1, 0.15) is 50.6 Å². The Morgan fingerprint density at radius 2 is 1.82 bits per heavy atom. The van der Waals surface area contributed by atoms with Crippen molar-refractivity contribution in [3.05, 3.63) is 42.4 Å². The Bertz CT molecular complexity index is 1210. The third kappa shape index (κ3) is 3.20. The number of amides is 1. The average Bonchev–Trinajstić information content (AvgIpc) is 3.44. The van der Waals surface area contributed by atoms with Gasteiger partial charge in [0.15, 0.2) is 0 Å². The largest absolute Gasteiger partial charge is 0.392 e. The molecule has 1 spiro atoms. The summed E-state index contributed by atoms with van der Waals surface area (Å²) in [6, 6.07) is 8.45. The van der Waals surface area contributed by atoms with Gasteiger partial charge in [-0.3, -0.25) is 4.79 Å². The Labute approximate surface area is 200 Å². The van der Waals surface area contributed by atoms with Gasteiger partial charge in [-0.25, -0.2) is 17.7 Å². The summed E-state index contributed by atoms with van der Waals surface area (Å²) in [4.78, 5) is 17.7. The zero-order valence-corrected chi connectivity index (χ0v) is 20.3. The Morgan fingerprint density at radius 3 is 2.50 bits per heavy atom. The molecule has 3 atom stereocenters. The van der Waals surface area contributed by atoms with Gasteiger partial charge in [-0.1, -0.05) is 24.3 Å². The van der Waals surface area contributed by atoms with Crippen molar-refractivity contribution in [2.45, 2.75) is 56.4 Å². The van der Waals surface area contributed by atoms with E-state index in [2.05, 4.69) is 27.8 Å². The molecule has 0 radical (unpaired) electrons. The van der Waals surface area contributed by atoms with Crippen LogP contribution in [0, 0.1) is 11.3 Å². The van der Waals surface area contributed by atoms with E-state index < -0.39 is 21.4 Å². The maximum absolute atomic E-state index is 13.3. The molecule has 1 amide bonds. The van der Waals surface area contributed by atoms with E-state index in [0.29, 0.717) is 51.9 Å². The molecule has 34 heavy (non-hydrogen) atoms. The molecule has 1 saturated carbocycles. The van der Waals surface area contributed by atoms with Gasteiger partial charge in [-0.05, 0) is 43.1 Å². The van der Waals surface area contributed by atoms with Crippen LogP contribution in [0.4, 0.5) is 0 Å². The summed E-state index contributed by atoms with van der Waals surface area (Å²) in [5.41, 5.74) is 3.34. The molecule has 3 aliphatic heterocycles. The number of hydrogen-bond acceptors (Lipinski definition) is 5. The normalized spacial score (nSPS) is 29.0. The molecule has 8 nitrogen and oxygen atoms in total. The van der Waals surface area contributed by atoms with Gasteiger partial charge in [0.2, 0.25) is 15.9 Å². The van der Waals surface area contributed by atoms with Crippen LogP contribution in [0.15, 0.2) is 36.8 Å². The number of rotatable bonds is 3. The molecule has 1 aromatic carbocycles. The number of carbonyl (C=O) groups excluding carboxylic acids is 1. The van der Waals surface area contributed by atoms with E-state index in [1.165, 1.54) is 18.1 Å². The summed E-state index contributed by atoms with van der Waals surface area (Å²) >= 11 is 0. The summed E-state index contributed by atoms with van der Waals surface area (Å²) in [7, 11) is -3.39. The minimum atomic E-state index is -3.39. The highest BCUT2D eigenvalue weighted by Gasteiger charge is 2.58. The number of likely N-dealkylation sites (tertiary alicyclic amines) is 1. The van der Waals surface area contributed by atoms with Crippen molar-refractivity contribution in [1.82, 2.24) is 18.8 Å². The van der Waals surface area contributed by atoms with Gasteiger partial charge in [0.25, 0.3) is 0 Å². The number of carbonyl (C=O) groups is 1. The third-order valence-electron chi connectivity index (χ3n) is 8.99. The van der Waals surface area contributed by atoms with E-state index in [0.717, 1.165) is 12.1 Å². The molecule has 9 heteroatoms. The maximum Gasteiger partial charge on any atom is 0.219 e. The summed E-state index contributed by atoms with van der Waals surface area (Å²) in [6.45, 7) is 3.49. The van der Waals surface area contributed by atoms with Crippen LogP contribution in [0.25, 0.3) is 11.3 Å².